The summed E-state index contributed by atoms with van der Waals surface area (Å²) >= 11 is 5.94. The van der Waals surface area contributed by atoms with Crippen molar-refractivity contribution in [3.63, 3.8) is 0 Å². The Morgan fingerprint density at radius 1 is 1.29 bits per heavy atom. The highest BCUT2D eigenvalue weighted by atomic mass is 35.5. The summed E-state index contributed by atoms with van der Waals surface area (Å²) in [5.74, 6) is 0.250. The molecule has 5 heteroatoms. The highest BCUT2D eigenvalue weighted by Gasteiger charge is 2.09. The molecule has 0 spiro atoms. The minimum atomic E-state index is -0.302. The van der Waals surface area contributed by atoms with E-state index in [9.17, 15) is 4.79 Å². The van der Waals surface area contributed by atoms with E-state index in [1.165, 1.54) is 0 Å². The monoisotopic (exact) mass is 247 g/mol. The van der Waals surface area contributed by atoms with Crippen molar-refractivity contribution >= 4 is 23.2 Å². The summed E-state index contributed by atoms with van der Waals surface area (Å²) < 4.78 is 0. The lowest BCUT2D eigenvalue weighted by molar-refractivity contribution is 0.102. The summed E-state index contributed by atoms with van der Waals surface area (Å²) in [6.07, 6.45) is 1.55. The first-order chi connectivity index (χ1) is 8.16. The van der Waals surface area contributed by atoms with Crippen LogP contribution in [0.3, 0.4) is 0 Å². The first kappa shape index (κ1) is 11.5. The van der Waals surface area contributed by atoms with E-state index in [4.69, 9.17) is 11.6 Å². The lowest BCUT2D eigenvalue weighted by atomic mass is 10.3. The average Bonchev–Trinajstić information content (AvgIpc) is 2.32. The Hall–Kier alpha value is -1.94. The third-order valence-electron chi connectivity index (χ3n) is 2.13. The van der Waals surface area contributed by atoms with Crippen LogP contribution in [0.25, 0.3) is 0 Å². The lowest BCUT2D eigenvalue weighted by Gasteiger charge is -2.06. The van der Waals surface area contributed by atoms with Crippen LogP contribution in [0.2, 0.25) is 5.02 Å². The largest absolute Gasteiger partial charge is 0.319 e. The van der Waals surface area contributed by atoms with Gasteiger partial charge in [0.05, 0.1) is 10.7 Å². The van der Waals surface area contributed by atoms with Crippen LogP contribution in [0.4, 0.5) is 5.69 Å². The molecule has 1 aromatic heterocycles. The molecule has 0 aliphatic heterocycles. The van der Waals surface area contributed by atoms with Gasteiger partial charge in [-0.2, -0.15) is 0 Å². The Bertz CT molecular complexity index is 557. The molecule has 17 heavy (non-hydrogen) atoms. The van der Waals surface area contributed by atoms with Crippen LogP contribution in [0.1, 0.15) is 16.3 Å². The van der Waals surface area contributed by atoms with Crippen molar-refractivity contribution in [2.45, 2.75) is 6.92 Å². The summed E-state index contributed by atoms with van der Waals surface area (Å²) in [4.78, 5) is 19.8. The van der Waals surface area contributed by atoms with Gasteiger partial charge in [0.25, 0.3) is 5.91 Å². The van der Waals surface area contributed by atoms with Crippen LogP contribution in [0.15, 0.2) is 36.5 Å². The van der Waals surface area contributed by atoms with E-state index in [1.54, 1.807) is 43.5 Å². The normalized spacial score (nSPS) is 10.0. The fourth-order valence-corrected chi connectivity index (χ4v) is 1.51. The number of aromatic nitrogens is 2. The number of nitrogens with one attached hydrogen (secondary N) is 1. The molecule has 0 radical (unpaired) electrons. The van der Waals surface area contributed by atoms with Gasteiger partial charge in [-0.15, -0.1) is 0 Å². The predicted octanol–water partition coefficient (Wildman–Crippen LogP) is 2.69. The fourth-order valence-electron chi connectivity index (χ4n) is 1.33. The van der Waals surface area contributed by atoms with Crippen molar-refractivity contribution in [1.29, 1.82) is 0 Å². The number of para-hydroxylation sites is 1. The molecule has 0 fully saturated rings. The number of carbonyl (C=O) groups excluding carboxylic acids is 1. The Labute approximate surface area is 104 Å². The molecule has 0 atom stereocenters. The Morgan fingerprint density at radius 3 is 2.76 bits per heavy atom. The van der Waals surface area contributed by atoms with Gasteiger partial charge in [0.15, 0.2) is 0 Å². The van der Waals surface area contributed by atoms with Gasteiger partial charge in [-0.3, -0.25) is 4.79 Å². The second kappa shape index (κ2) is 4.93. The topological polar surface area (TPSA) is 54.9 Å². The quantitative estimate of drug-likeness (QED) is 0.888. The Balaban J connectivity index is 2.20. The van der Waals surface area contributed by atoms with Crippen molar-refractivity contribution in [3.8, 4) is 0 Å². The zero-order chi connectivity index (χ0) is 12.3. The second-order valence-corrected chi connectivity index (χ2v) is 3.83. The Morgan fingerprint density at radius 2 is 2.06 bits per heavy atom. The van der Waals surface area contributed by atoms with Crippen LogP contribution in [-0.4, -0.2) is 15.9 Å². The van der Waals surface area contributed by atoms with Crippen molar-refractivity contribution in [2.24, 2.45) is 0 Å². The number of hydrogen-bond acceptors (Lipinski definition) is 3. The van der Waals surface area contributed by atoms with E-state index >= 15 is 0 Å². The SMILES string of the molecule is Cc1nccc(C(=O)Nc2ccccc2Cl)n1. The zero-order valence-corrected chi connectivity index (χ0v) is 9.90. The van der Waals surface area contributed by atoms with Gasteiger partial charge in [0.1, 0.15) is 11.5 Å². The van der Waals surface area contributed by atoms with Crippen LogP contribution < -0.4 is 5.32 Å². The fraction of sp³-hybridized carbons (Fsp3) is 0.0833. The third kappa shape index (κ3) is 2.79. The maximum atomic E-state index is 11.9. The number of nitrogens with zero attached hydrogens (tertiary/aromatic N) is 2. The minimum absolute atomic E-state index is 0.302. The molecular weight excluding hydrogens is 238 g/mol. The molecule has 0 aliphatic carbocycles. The molecule has 0 saturated heterocycles. The summed E-state index contributed by atoms with van der Waals surface area (Å²) in [7, 11) is 0. The average molecular weight is 248 g/mol. The summed E-state index contributed by atoms with van der Waals surface area (Å²) in [5.41, 5.74) is 0.882. The van der Waals surface area contributed by atoms with Crippen molar-refractivity contribution in [2.75, 3.05) is 5.32 Å². The van der Waals surface area contributed by atoms with Crippen LogP contribution >= 0.6 is 11.6 Å². The molecule has 86 valence electrons. The van der Waals surface area contributed by atoms with E-state index in [-0.39, 0.29) is 5.91 Å². The van der Waals surface area contributed by atoms with E-state index in [1.807, 2.05) is 0 Å². The molecule has 1 aromatic carbocycles. The first-order valence-corrected chi connectivity index (χ1v) is 5.40. The maximum absolute atomic E-state index is 11.9. The number of aryl methyl sites for hydroxylation is 1. The van der Waals surface area contributed by atoms with E-state index in [0.29, 0.717) is 22.2 Å². The smallest absolute Gasteiger partial charge is 0.274 e. The molecule has 0 unspecified atom stereocenters. The predicted molar refractivity (Wildman–Crippen MR) is 66.2 cm³/mol. The number of halogens is 1. The molecule has 1 amide bonds. The molecule has 0 aliphatic rings. The van der Waals surface area contributed by atoms with Crippen molar-refractivity contribution < 1.29 is 4.79 Å². The zero-order valence-electron chi connectivity index (χ0n) is 9.14. The number of amides is 1. The van der Waals surface area contributed by atoms with Crippen LogP contribution in [0, 0.1) is 6.92 Å². The summed E-state index contributed by atoms with van der Waals surface area (Å²) in [6.45, 7) is 1.73. The third-order valence-corrected chi connectivity index (χ3v) is 2.46. The molecule has 1 heterocycles. The molecule has 2 aromatic rings. The van der Waals surface area contributed by atoms with Gasteiger partial charge < -0.3 is 5.32 Å². The molecule has 0 saturated carbocycles. The molecule has 0 bridgehead atoms. The van der Waals surface area contributed by atoms with Crippen LogP contribution in [0.5, 0.6) is 0 Å². The Kier molecular flexibility index (Phi) is 3.35. The molecule has 1 N–H and O–H groups in total. The summed E-state index contributed by atoms with van der Waals surface area (Å²) in [5, 5.41) is 3.18. The summed E-state index contributed by atoms with van der Waals surface area (Å²) in [6, 6.07) is 8.59. The molecular formula is C12H10ClN3O. The molecule has 4 nitrogen and oxygen atoms in total. The van der Waals surface area contributed by atoms with E-state index < -0.39 is 0 Å². The van der Waals surface area contributed by atoms with Gasteiger partial charge >= 0.3 is 0 Å². The van der Waals surface area contributed by atoms with Crippen LogP contribution in [-0.2, 0) is 0 Å². The van der Waals surface area contributed by atoms with Gasteiger partial charge in [-0.1, -0.05) is 23.7 Å². The van der Waals surface area contributed by atoms with E-state index in [2.05, 4.69) is 15.3 Å². The minimum Gasteiger partial charge on any atom is -0.319 e. The highest BCUT2D eigenvalue weighted by Crippen LogP contribution is 2.20. The number of hydrogen-bond donors (Lipinski definition) is 1. The second-order valence-electron chi connectivity index (χ2n) is 3.42. The highest BCUT2D eigenvalue weighted by molar-refractivity contribution is 6.33. The van der Waals surface area contributed by atoms with Gasteiger partial charge in [0.2, 0.25) is 0 Å². The van der Waals surface area contributed by atoms with Crippen molar-refractivity contribution in [1.82, 2.24) is 9.97 Å². The number of rotatable bonds is 2. The van der Waals surface area contributed by atoms with E-state index in [0.717, 1.165) is 0 Å². The standard InChI is InChI=1S/C12H10ClN3O/c1-8-14-7-6-11(15-8)12(17)16-10-5-3-2-4-9(10)13/h2-7H,1H3,(H,16,17). The number of anilines is 1. The van der Waals surface area contributed by atoms with Gasteiger partial charge in [-0.25, -0.2) is 9.97 Å². The van der Waals surface area contributed by atoms with Gasteiger partial charge in [0, 0.05) is 6.20 Å². The maximum Gasteiger partial charge on any atom is 0.274 e. The first-order valence-electron chi connectivity index (χ1n) is 5.02. The number of benzene rings is 1. The lowest BCUT2D eigenvalue weighted by Crippen LogP contribution is -2.14. The molecule has 2 rings (SSSR count). The number of carbonyl (C=O) groups is 1. The van der Waals surface area contributed by atoms with Crippen molar-refractivity contribution in [3.05, 3.63) is 53.1 Å². The van der Waals surface area contributed by atoms with Gasteiger partial charge in [-0.05, 0) is 25.1 Å².